The van der Waals surface area contributed by atoms with Crippen LogP contribution in [0.15, 0.2) is 109 Å². The maximum absolute atomic E-state index is 15.4. The summed E-state index contributed by atoms with van der Waals surface area (Å²) in [5, 5.41) is 238. The van der Waals surface area contributed by atoms with Gasteiger partial charge in [-0.2, -0.15) is 0 Å². The lowest BCUT2D eigenvalue weighted by Crippen LogP contribution is -2.63. The van der Waals surface area contributed by atoms with Crippen molar-refractivity contribution in [1.82, 2.24) is 0 Å². The smallest absolute Gasteiger partial charge is 0.344 e. The Morgan fingerprint density at radius 1 is 0.234 bits per heavy atom. The lowest BCUT2D eigenvalue weighted by molar-refractivity contribution is -0.282. The first-order valence-corrected chi connectivity index (χ1v) is 30.2. The van der Waals surface area contributed by atoms with Crippen LogP contribution in [0.1, 0.15) is 93.2 Å². The molecule has 0 bridgehead atoms. The SMILES string of the molecule is O=C(OC[C@H]1O[C@@H](OC(=O)c2cc(OC(=O)c3cc(O)c(O)c(O)c3)c(OC(=O)c3cc(O)c(O)c(O)c3)c(OC(=O)c3cc(O)c(O)c(O)c3)c2)[C@H](OC(=O)c2cc(O)c(O)c(OC(=O)c3cc(O)c(O)c(O)c3)c2)[C@@H](OC(=O)c2cc(O)c(O)c(O)c2)[C@@H]1OC(=O)c1cc(O)c(O)c(O)c1)c1cc(O)c(O)c(O)c1. The van der Waals surface area contributed by atoms with Crippen LogP contribution in [-0.4, -0.2) is 208 Å². The van der Waals surface area contributed by atoms with E-state index >= 15 is 4.79 Å². The lowest BCUT2D eigenvalue weighted by Gasteiger charge is -2.43. The zero-order valence-electron chi connectivity index (χ0n) is 54.5. The van der Waals surface area contributed by atoms with Gasteiger partial charge in [-0.05, 0) is 109 Å². The van der Waals surface area contributed by atoms with Gasteiger partial charge in [-0.1, -0.05) is 0 Å². The van der Waals surface area contributed by atoms with E-state index < -0.39 is 296 Å². The van der Waals surface area contributed by atoms with Crippen LogP contribution in [0.2, 0.25) is 0 Å². The minimum atomic E-state index is -3.09. The summed E-state index contributed by atoms with van der Waals surface area (Å²) in [6.07, 6.45) is -14.4. The van der Waals surface area contributed by atoms with Crippen molar-refractivity contribution in [2.75, 3.05) is 6.61 Å². The molecule has 0 radical (unpaired) electrons. The predicted octanol–water partition coefficient (Wildman–Crippen LogP) is 4.21. The summed E-state index contributed by atoms with van der Waals surface area (Å²) in [5.74, 6) is -50.7. The molecule has 1 saturated heterocycles. The predicted molar refractivity (Wildman–Crippen MR) is 348 cm³/mol. The highest BCUT2D eigenvalue weighted by Crippen LogP contribution is 2.47. The Bertz CT molecular complexity index is 5150. The monoisotopic (exact) mass is 1550 g/mol. The summed E-state index contributed by atoms with van der Waals surface area (Å²) >= 11 is 0. The molecule has 0 amide bonds. The fourth-order valence-corrected chi connectivity index (χ4v) is 9.92. The number of carbonyl (C=O) groups is 9. The van der Waals surface area contributed by atoms with Crippen LogP contribution < -0.4 is 18.9 Å². The van der Waals surface area contributed by atoms with Crippen molar-refractivity contribution in [3.05, 3.63) is 159 Å². The third-order valence-corrected chi connectivity index (χ3v) is 15.4. The summed E-state index contributed by atoms with van der Waals surface area (Å²) in [5.41, 5.74) is -9.02. The van der Waals surface area contributed by atoms with E-state index in [1.54, 1.807) is 0 Å². The first-order chi connectivity index (χ1) is 52.2. The highest BCUT2D eigenvalue weighted by atomic mass is 16.8. The number of hydrogen-bond acceptors (Lipinski definition) is 42. The molecule has 111 heavy (non-hydrogen) atoms. The third-order valence-electron chi connectivity index (χ3n) is 15.4. The molecule has 1 aliphatic heterocycles. The Morgan fingerprint density at radius 2 is 0.450 bits per heavy atom. The Balaban J connectivity index is 1.19. The number of phenolic OH excluding ortho intramolecular Hbond substituents is 23. The standard InChI is InChI=1S/C69H48O42/c70-29-1-20(2-30(71)48(29)85)60(93)102-19-47-57(108-65(98)25-11-39(80)53(90)40(81)12-25)58(109-66(99)26-13-41(82)54(91)42(83)14-26)59(110-67(100)27-15-43(84)55(92)44(16-27)103-61(94)21-3-31(72)49(86)32(73)4-21)69(106-47)111-68(101)28-17-45(104-62(95)22-5-33(74)50(87)34(75)6-22)56(107-64(97)24-9-37(78)52(89)38(79)10-24)46(18-28)105-63(96)23-7-35(76)51(88)36(77)8-23/h1-18,47,57-59,69-92H,19H2/t47-,57-,58+,59-,69+/m1/s1. The summed E-state index contributed by atoms with van der Waals surface area (Å²) in [7, 11) is 0. The van der Waals surface area contributed by atoms with Gasteiger partial charge in [0.25, 0.3) is 0 Å². The minimum Gasteiger partial charge on any atom is -0.504 e. The Morgan fingerprint density at radius 3 is 0.766 bits per heavy atom. The van der Waals surface area contributed by atoms with E-state index in [9.17, 15) is 156 Å². The number of esters is 9. The number of rotatable bonds is 19. The molecule has 1 fully saturated rings. The van der Waals surface area contributed by atoms with Gasteiger partial charge in [-0.25, -0.2) is 43.2 Å². The normalized spacial score (nSPS) is 15.0. The van der Waals surface area contributed by atoms with E-state index in [1.165, 1.54) is 0 Å². The van der Waals surface area contributed by atoms with Gasteiger partial charge < -0.3 is 165 Å². The summed E-state index contributed by atoms with van der Waals surface area (Å²) in [4.78, 5) is 129. The molecule has 42 nitrogen and oxygen atoms in total. The van der Waals surface area contributed by atoms with Crippen LogP contribution in [-0.2, 0) is 28.4 Å². The van der Waals surface area contributed by atoms with Crippen LogP contribution >= 0.6 is 0 Å². The Labute approximate surface area is 611 Å². The first-order valence-electron chi connectivity index (χ1n) is 30.2. The molecule has 0 saturated carbocycles. The van der Waals surface area contributed by atoms with Crippen LogP contribution in [0.25, 0.3) is 0 Å². The maximum Gasteiger partial charge on any atom is 0.344 e. The number of phenols is 23. The zero-order chi connectivity index (χ0) is 81.4. The molecule has 1 heterocycles. The molecule has 9 aromatic carbocycles. The van der Waals surface area contributed by atoms with Crippen molar-refractivity contribution < 1.29 is 208 Å². The third kappa shape index (κ3) is 16.1. The second-order valence-electron chi connectivity index (χ2n) is 22.9. The van der Waals surface area contributed by atoms with Crippen LogP contribution in [0.5, 0.6) is 155 Å². The molecule has 0 unspecified atom stereocenters. The fourth-order valence-electron chi connectivity index (χ4n) is 9.92. The molecule has 1 aliphatic rings. The Kier molecular flexibility index (Phi) is 21.1. The van der Waals surface area contributed by atoms with Crippen molar-refractivity contribution >= 4 is 53.7 Å². The van der Waals surface area contributed by atoms with Crippen molar-refractivity contribution in [3.63, 3.8) is 0 Å². The number of ether oxygens (including phenoxy) is 10. The molecule has 10 rings (SSSR count). The highest BCUT2D eigenvalue weighted by molar-refractivity contribution is 6.00. The minimum absolute atomic E-state index is 0.299. The number of aromatic hydroxyl groups is 23. The van der Waals surface area contributed by atoms with E-state index in [2.05, 4.69) is 0 Å². The lowest BCUT2D eigenvalue weighted by atomic mass is 9.97. The van der Waals surface area contributed by atoms with E-state index in [-0.39, 0.29) is 0 Å². The highest BCUT2D eigenvalue weighted by Gasteiger charge is 2.55. The van der Waals surface area contributed by atoms with Crippen molar-refractivity contribution in [3.8, 4) is 155 Å². The summed E-state index contributed by atoms with van der Waals surface area (Å²) in [6.45, 7) is -1.56. The zero-order valence-corrected chi connectivity index (χ0v) is 54.5. The fraction of sp³-hybridized carbons (Fsp3) is 0.0870. The van der Waals surface area contributed by atoms with Crippen LogP contribution in [0.4, 0.5) is 0 Å². The molecule has 9 aromatic rings. The van der Waals surface area contributed by atoms with Crippen LogP contribution in [0, 0.1) is 0 Å². The van der Waals surface area contributed by atoms with Gasteiger partial charge in [-0.15, -0.1) is 0 Å². The van der Waals surface area contributed by atoms with Crippen molar-refractivity contribution in [1.29, 1.82) is 0 Å². The van der Waals surface area contributed by atoms with Gasteiger partial charge in [-0.3, -0.25) is 0 Å². The van der Waals surface area contributed by atoms with Gasteiger partial charge in [0.2, 0.25) is 23.9 Å². The van der Waals surface area contributed by atoms with Gasteiger partial charge in [0.15, 0.2) is 156 Å². The van der Waals surface area contributed by atoms with Gasteiger partial charge in [0, 0.05) is 0 Å². The Hall–Kier alpha value is -16.4. The molecule has 23 N–H and O–H groups in total. The van der Waals surface area contributed by atoms with E-state index in [4.69, 9.17) is 47.4 Å². The van der Waals surface area contributed by atoms with Crippen molar-refractivity contribution in [2.24, 2.45) is 0 Å². The van der Waals surface area contributed by atoms with Gasteiger partial charge >= 0.3 is 53.7 Å². The average Bonchev–Trinajstić information content (AvgIpc) is 0.765. The maximum atomic E-state index is 15.4. The quantitative estimate of drug-likeness (QED) is 0.0233. The van der Waals surface area contributed by atoms with E-state index in [0.717, 1.165) is 0 Å². The first kappa shape index (κ1) is 77.2. The van der Waals surface area contributed by atoms with Gasteiger partial charge in [0.1, 0.15) is 12.7 Å². The average molecular weight is 1550 g/mol. The topological polar surface area (TPSA) is 711 Å². The molecular weight excluding hydrogens is 1500 g/mol. The molecule has 576 valence electrons. The molecule has 0 aromatic heterocycles. The van der Waals surface area contributed by atoms with E-state index in [1.807, 2.05) is 0 Å². The molecular formula is C69H48O42. The summed E-state index contributed by atoms with van der Waals surface area (Å²) in [6, 6.07) is 7.58. The number of hydrogen-bond donors (Lipinski definition) is 23. The summed E-state index contributed by atoms with van der Waals surface area (Å²) < 4.78 is 55.9. The number of benzene rings is 9. The van der Waals surface area contributed by atoms with Crippen LogP contribution in [0.3, 0.4) is 0 Å². The number of carbonyl (C=O) groups excluding carboxylic acids is 9. The van der Waals surface area contributed by atoms with Gasteiger partial charge in [0.05, 0.1) is 50.1 Å². The molecule has 5 atom stereocenters. The van der Waals surface area contributed by atoms with Crippen molar-refractivity contribution in [2.45, 2.75) is 30.7 Å². The molecule has 0 aliphatic carbocycles. The molecule has 0 spiro atoms. The van der Waals surface area contributed by atoms with E-state index in [0.29, 0.717) is 109 Å². The second kappa shape index (κ2) is 30.3. The second-order valence-corrected chi connectivity index (χ2v) is 22.9. The largest absolute Gasteiger partial charge is 0.504 e. The molecule has 42 heteroatoms.